The van der Waals surface area contributed by atoms with E-state index in [0.717, 1.165) is 4.68 Å². The number of nitrogens with zero attached hydrogens (tertiary/aromatic N) is 2. The summed E-state index contributed by atoms with van der Waals surface area (Å²) in [6.45, 7) is -1.90. The number of hydrogen-bond acceptors (Lipinski definition) is 2. The largest absolute Gasteiger partial charge is 0.435 e. The molecule has 0 N–H and O–H groups in total. The van der Waals surface area contributed by atoms with Crippen molar-refractivity contribution in [1.82, 2.24) is 9.78 Å². The molecule has 98 valence electrons. The second kappa shape index (κ2) is 5.44. The van der Waals surface area contributed by atoms with Gasteiger partial charge >= 0.3 is 12.8 Å². The van der Waals surface area contributed by atoms with Crippen molar-refractivity contribution in [2.45, 2.75) is 32.7 Å². The lowest BCUT2D eigenvalue weighted by atomic mass is 10.2. The Morgan fingerprint density at radius 1 is 1.41 bits per heavy atom. The zero-order valence-corrected chi connectivity index (χ0v) is 8.97. The van der Waals surface area contributed by atoms with Gasteiger partial charge in [0, 0.05) is 11.8 Å². The van der Waals surface area contributed by atoms with E-state index in [1.807, 2.05) is 0 Å². The lowest BCUT2D eigenvalue weighted by molar-refractivity contribution is -0.143. The lowest BCUT2D eigenvalue weighted by Crippen LogP contribution is -2.12. The first kappa shape index (κ1) is 13.9. The van der Waals surface area contributed by atoms with Gasteiger partial charge in [0.2, 0.25) is 0 Å². The van der Waals surface area contributed by atoms with Gasteiger partial charge in [-0.1, -0.05) is 6.92 Å². The second-order valence-corrected chi connectivity index (χ2v) is 3.25. The Bertz CT molecular complexity index is 361. The van der Waals surface area contributed by atoms with Crippen LogP contribution >= 0.6 is 0 Å². The van der Waals surface area contributed by atoms with Crippen molar-refractivity contribution in [2.75, 3.05) is 6.61 Å². The Balaban J connectivity index is 2.72. The van der Waals surface area contributed by atoms with Crippen LogP contribution in [0.25, 0.3) is 0 Å². The van der Waals surface area contributed by atoms with Crippen LogP contribution in [0.4, 0.5) is 22.0 Å². The van der Waals surface area contributed by atoms with E-state index in [0.29, 0.717) is 0 Å². The molecule has 0 bridgehead atoms. The summed E-state index contributed by atoms with van der Waals surface area (Å²) in [4.78, 5) is 0. The van der Waals surface area contributed by atoms with Gasteiger partial charge < -0.3 is 4.74 Å². The Labute approximate surface area is 94.2 Å². The maximum absolute atomic E-state index is 12.5. The minimum atomic E-state index is -4.53. The van der Waals surface area contributed by atoms with E-state index >= 15 is 0 Å². The van der Waals surface area contributed by atoms with E-state index in [1.54, 1.807) is 6.92 Å². The van der Waals surface area contributed by atoms with Crippen LogP contribution in [0.3, 0.4) is 0 Å². The van der Waals surface area contributed by atoms with Gasteiger partial charge in [0.1, 0.15) is 0 Å². The molecule has 0 aliphatic heterocycles. The van der Waals surface area contributed by atoms with E-state index in [1.165, 1.54) is 6.20 Å². The van der Waals surface area contributed by atoms with Crippen molar-refractivity contribution >= 4 is 0 Å². The summed E-state index contributed by atoms with van der Waals surface area (Å²) in [6.07, 6.45) is -3.16. The number of alkyl halides is 5. The third kappa shape index (κ3) is 3.95. The van der Waals surface area contributed by atoms with Crippen molar-refractivity contribution < 1.29 is 26.7 Å². The van der Waals surface area contributed by atoms with Crippen LogP contribution in [0.1, 0.15) is 18.2 Å². The van der Waals surface area contributed by atoms with Gasteiger partial charge in [0.15, 0.2) is 5.69 Å². The number of rotatable bonds is 5. The third-order valence-electron chi connectivity index (χ3n) is 2.05. The summed E-state index contributed by atoms with van der Waals surface area (Å²) in [5.74, 6) is 0. The molecule has 0 amide bonds. The Kier molecular flexibility index (Phi) is 4.44. The standard InChI is InChI=1S/C9H11F5N2O/c1-2-6-5-16(3-4-17-8(10)11)15-7(6)9(12,13)14/h5,8H,2-4H2,1H3. The Morgan fingerprint density at radius 2 is 2.06 bits per heavy atom. The van der Waals surface area contributed by atoms with Gasteiger partial charge in [-0.15, -0.1) is 0 Å². The smallest absolute Gasteiger partial charge is 0.321 e. The summed E-state index contributed by atoms with van der Waals surface area (Å²) in [5, 5.41) is 3.32. The Morgan fingerprint density at radius 3 is 2.47 bits per heavy atom. The van der Waals surface area contributed by atoms with Crippen LogP contribution in [-0.2, 0) is 23.9 Å². The van der Waals surface area contributed by atoms with Gasteiger partial charge in [0.25, 0.3) is 0 Å². The fourth-order valence-corrected chi connectivity index (χ4v) is 1.31. The first-order valence-electron chi connectivity index (χ1n) is 4.88. The van der Waals surface area contributed by atoms with Crippen LogP contribution in [0.5, 0.6) is 0 Å². The van der Waals surface area contributed by atoms with Crippen LogP contribution in [0.2, 0.25) is 0 Å². The Hall–Kier alpha value is -1.18. The molecule has 0 aliphatic carbocycles. The molecule has 1 rings (SSSR count). The van der Waals surface area contributed by atoms with Crippen LogP contribution in [0.15, 0.2) is 6.20 Å². The molecular formula is C9H11F5N2O. The molecule has 0 atom stereocenters. The van der Waals surface area contributed by atoms with E-state index in [9.17, 15) is 22.0 Å². The molecule has 1 aromatic heterocycles. The lowest BCUT2D eigenvalue weighted by Gasteiger charge is -2.04. The van der Waals surface area contributed by atoms with Crippen molar-refractivity contribution in [3.63, 3.8) is 0 Å². The highest BCUT2D eigenvalue weighted by atomic mass is 19.4. The number of halogens is 5. The van der Waals surface area contributed by atoms with Gasteiger partial charge in [-0.2, -0.15) is 27.1 Å². The minimum absolute atomic E-state index is 0.0366. The molecule has 0 spiro atoms. The van der Waals surface area contributed by atoms with E-state index in [4.69, 9.17) is 0 Å². The third-order valence-corrected chi connectivity index (χ3v) is 2.05. The molecule has 1 heterocycles. The molecule has 0 aromatic carbocycles. The maximum atomic E-state index is 12.5. The zero-order valence-electron chi connectivity index (χ0n) is 8.97. The number of aromatic nitrogens is 2. The normalized spacial score (nSPS) is 12.4. The first-order chi connectivity index (χ1) is 7.84. The second-order valence-electron chi connectivity index (χ2n) is 3.25. The summed E-state index contributed by atoms with van der Waals surface area (Å²) in [7, 11) is 0. The van der Waals surface area contributed by atoms with Crippen molar-refractivity contribution in [3.8, 4) is 0 Å². The fourth-order valence-electron chi connectivity index (χ4n) is 1.31. The quantitative estimate of drug-likeness (QED) is 0.759. The van der Waals surface area contributed by atoms with Gasteiger partial charge in [-0.3, -0.25) is 4.68 Å². The SMILES string of the molecule is CCc1cn(CCOC(F)F)nc1C(F)(F)F. The van der Waals surface area contributed by atoms with Gasteiger partial charge in [-0.25, -0.2) is 0 Å². The number of aryl methyl sites for hydroxylation is 1. The maximum Gasteiger partial charge on any atom is 0.435 e. The molecule has 0 radical (unpaired) electrons. The minimum Gasteiger partial charge on any atom is -0.321 e. The predicted octanol–water partition coefficient (Wildman–Crippen LogP) is 2.70. The molecule has 17 heavy (non-hydrogen) atoms. The number of ether oxygens (including phenoxy) is 1. The summed E-state index contributed by atoms with van der Waals surface area (Å²) >= 11 is 0. The topological polar surface area (TPSA) is 27.1 Å². The average molecular weight is 258 g/mol. The predicted molar refractivity (Wildman–Crippen MR) is 48.6 cm³/mol. The number of hydrogen-bond donors (Lipinski definition) is 0. The molecule has 0 saturated heterocycles. The monoisotopic (exact) mass is 258 g/mol. The van der Waals surface area contributed by atoms with Crippen LogP contribution < -0.4 is 0 Å². The average Bonchev–Trinajstić information content (AvgIpc) is 2.60. The zero-order chi connectivity index (χ0) is 13.1. The van der Waals surface area contributed by atoms with Crippen molar-refractivity contribution in [3.05, 3.63) is 17.5 Å². The molecule has 1 aromatic rings. The highest BCUT2D eigenvalue weighted by Crippen LogP contribution is 2.30. The summed E-state index contributed by atoms with van der Waals surface area (Å²) in [6, 6.07) is 0. The van der Waals surface area contributed by atoms with Crippen molar-refractivity contribution in [1.29, 1.82) is 0 Å². The molecule has 0 saturated carbocycles. The van der Waals surface area contributed by atoms with Gasteiger partial charge in [0.05, 0.1) is 13.2 Å². The molecule has 0 unspecified atom stereocenters. The van der Waals surface area contributed by atoms with Crippen LogP contribution in [0, 0.1) is 0 Å². The van der Waals surface area contributed by atoms with Crippen LogP contribution in [-0.4, -0.2) is 23.0 Å². The first-order valence-corrected chi connectivity index (χ1v) is 4.88. The highest BCUT2D eigenvalue weighted by molar-refractivity contribution is 5.19. The molecule has 8 heteroatoms. The molecule has 3 nitrogen and oxygen atoms in total. The summed E-state index contributed by atoms with van der Waals surface area (Å²) < 4.78 is 65.6. The van der Waals surface area contributed by atoms with Crippen molar-refractivity contribution in [2.24, 2.45) is 0 Å². The van der Waals surface area contributed by atoms with E-state index in [-0.39, 0.29) is 25.1 Å². The van der Waals surface area contributed by atoms with E-state index in [2.05, 4.69) is 9.84 Å². The van der Waals surface area contributed by atoms with E-state index < -0.39 is 18.5 Å². The fraction of sp³-hybridized carbons (Fsp3) is 0.667. The van der Waals surface area contributed by atoms with Gasteiger partial charge in [-0.05, 0) is 6.42 Å². The molecule has 0 aliphatic rings. The summed E-state index contributed by atoms with van der Waals surface area (Å²) in [5.41, 5.74) is -0.938. The molecule has 0 fully saturated rings. The highest BCUT2D eigenvalue weighted by Gasteiger charge is 2.36. The molecular weight excluding hydrogens is 247 g/mol.